The standard InChI is InChI=1S/C26H23ClN2O3/c1-3-15-32-22-6-4-5-20(16-22)28-24-23(18-9-7-17(2)8-10-18)25(30)29(26(24)31)21-13-11-19(27)12-14-21/h4-14,16,28H,3,15H2,1-2H3. The lowest BCUT2D eigenvalue weighted by molar-refractivity contribution is -0.120. The molecule has 1 aliphatic rings. The van der Waals surface area contributed by atoms with Crippen LogP contribution >= 0.6 is 11.6 Å². The molecule has 5 nitrogen and oxygen atoms in total. The van der Waals surface area contributed by atoms with E-state index < -0.39 is 5.91 Å². The molecular formula is C26H23ClN2O3. The summed E-state index contributed by atoms with van der Waals surface area (Å²) in [6, 6.07) is 21.5. The summed E-state index contributed by atoms with van der Waals surface area (Å²) in [6.45, 7) is 4.61. The monoisotopic (exact) mass is 446 g/mol. The fourth-order valence-corrected chi connectivity index (χ4v) is 3.61. The number of halogens is 1. The van der Waals surface area contributed by atoms with Gasteiger partial charge >= 0.3 is 0 Å². The van der Waals surface area contributed by atoms with Gasteiger partial charge in [0, 0.05) is 16.8 Å². The maximum atomic E-state index is 13.4. The summed E-state index contributed by atoms with van der Waals surface area (Å²) >= 11 is 5.99. The predicted molar refractivity (Wildman–Crippen MR) is 128 cm³/mol. The average molecular weight is 447 g/mol. The molecule has 2 amide bonds. The first-order valence-corrected chi connectivity index (χ1v) is 10.8. The largest absolute Gasteiger partial charge is 0.494 e. The summed E-state index contributed by atoms with van der Waals surface area (Å²) in [5.41, 5.74) is 3.41. The Balaban J connectivity index is 1.75. The lowest BCUT2D eigenvalue weighted by Gasteiger charge is -2.15. The molecule has 4 rings (SSSR count). The van der Waals surface area contributed by atoms with E-state index in [1.54, 1.807) is 24.3 Å². The number of carbonyl (C=O) groups is 2. The number of hydrogen-bond donors (Lipinski definition) is 1. The molecule has 0 radical (unpaired) electrons. The van der Waals surface area contributed by atoms with Crippen LogP contribution in [-0.2, 0) is 9.59 Å². The second-order valence-electron chi connectivity index (χ2n) is 7.54. The number of amides is 2. The Hall–Kier alpha value is -3.57. The van der Waals surface area contributed by atoms with Gasteiger partial charge in [-0.15, -0.1) is 0 Å². The number of carbonyl (C=O) groups excluding carboxylic acids is 2. The van der Waals surface area contributed by atoms with Gasteiger partial charge in [-0.3, -0.25) is 9.59 Å². The topological polar surface area (TPSA) is 58.6 Å². The van der Waals surface area contributed by atoms with Crippen molar-refractivity contribution in [2.45, 2.75) is 20.3 Å². The smallest absolute Gasteiger partial charge is 0.282 e. The fraction of sp³-hybridized carbons (Fsp3) is 0.154. The third-order valence-electron chi connectivity index (χ3n) is 5.09. The summed E-state index contributed by atoms with van der Waals surface area (Å²) in [5.74, 6) is -0.115. The van der Waals surface area contributed by atoms with E-state index in [1.165, 1.54) is 4.90 Å². The minimum absolute atomic E-state index is 0.224. The first kappa shape index (κ1) is 21.7. The molecule has 162 valence electrons. The Morgan fingerprint density at radius 2 is 1.66 bits per heavy atom. The third kappa shape index (κ3) is 4.39. The van der Waals surface area contributed by atoms with Crippen molar-refractivity contribution in [3.05, 3.63) is 94.6 Å². The summed E-state index contributed by atoms with van der Waals surface area (Å²) in [6.07, 6.45) is 0.892. The number of benzene rings is 3. The van der Waals surface area contributed by atoms with Crippen molar-refractivity contribution < 1.29 is 14.3 Å². The van der Waals surface area contributed by atoms with E-state index in [0.29, 0.717) is 39.9 Å². The van der Waals surface area contributed by atoms with Gasteiger partial charge in [0.05, 0.1) is 17.9 Å². The molecule has 1 heterocycles. The Kier molecular flexibility index (Phi) is 6.28. The highest BCUT2D eigenvalue weighted by molar-refractivity contribution is 6.46. The second kappa shape index (κ2) is 9.28. The SMILES string of the molecule is CCCOc1cccc(NC2=C(c3ccc(C)cc3)C(=O)N(c3ccc(Cl)cc3)C2=O)c1. The first-order chi connectivity index (χ1) is 15.5. The highest BCUT2D eigenvalue weighted by Crippen LogP contribution is 2.34. The Morgan fingerprint density at radius 1 is 0.938 bits per heavy atom. The summed E-state index contributed by atoms with van der Waals surface area (Å²) < 4.78 is 5.70. The van der Waals surface area contributed by atoms with Crippen molar-refractivity contribution in [2.75, 3.05) is 16.8 Å². The summed E-state index contributed by atoms with van der Waals surface area (Å²) in [7, 11) is 0. The molecule has 0 atom stereocenters. The van der Waals surface area contributed by atoms with Crippen LogP contribution in [0.25, 0.3) is 5.57 Å². The minimum atomic E-state index is -0.423. The molecule has 0 saturated carbocycles. The molecule has 0 unspecified atom stereocenters. The molecule has 0 aromatic heterocycles. The van der Waals surface area contributed by atoms with Gasteiger partial charge in [-0.2, -0.15) is 0 Å². The average Bonchev–Trinajstić information content (AvgIpc) is 3.03. The quantitative estimate of drug-likeness (QED) is 0.463. The molecule has 32 heavy (non-hydrogen) atoms. The van der Waals surface area contributed by atoms with Gasteiger partial charge in [0.2, 0.25) is 0 Å². The minimum Gasteiger partial charge on any atom is -0.494 e. The van der Waals surface area contributed by atoms with E-state index in [1.807, 2.05) is 62.4 Å². The number of imide groups is 1. The Labute approximate surface area is 192 Å². The van der Waals surface area contributed by atoms with E-state index in [2.05, 4.69) is 5.32 Å². The van der Waals surface area contributed by atoms with Crippen molar-refractivity contribution in [3.8, 4) is 5.75 Å². The van der Waals surface area contributed by atoms with Crippen LogP contribution in [0.2, 0.25) is 5.02 Å². The van der Waals surface area contributed by atoms with Gasteiger partial charge in [-0.25, -0.2) is 4.90 Å². The van der Waals surface area contributed by atoms with Gasteiger partial charge in [0.1, 0.15) is 11.4 Å². The number of rotatable bonds is 7. The van der Waals surface area contributed by atoms with Gasteiger partial charge in [0.15, 0.2) is 0 Å². The summed E-state index contributed by atoms with van der Waals surface area (Å²) in [4.78, 5) is 28.1. The van der Waals surface area contributed by atoms with Crippen LogP contribution in [0.15, 0.2) is 78.5 Å². The molecule has 0 aliphatic carbocycles. The Bertz CT molecular complexity index is 1180. The van der Waals surface area contributed by atoms with Crippen LogP contribution in [0.4, 0.5) is 11.4 Å². The Morgan fingerprint density at radius 3 is 2.34 bits per heavy atom. The van der Waals surface area contributed by atoms with Crippen LogP contribution in [0, 0.1) is 6.92 Å². The zero-order chi connectivity index (χ0) is 22.7. The molecule has 1 N–H and O–H groups in total. The number of hydrogen-bond acceptors (Lipinski definition) is 4. The van der Waals surface area contributed by atoms with Crippen LogP contribution in [-0.4, -0.2) is 18.4 Å². The van der Waals surface area contributed by atoms with E-state index in [4.69, 9.17) is 16.3 Å². The summed E-state index contributed by atoms with van der Waals surface area (Å²) in [5, 5.41) is 3.70. The normalized spacial score (nSPS) is 13.7. The fourth-order valence-electron chi connectivity index (χ4n) is 3.49. The number of nitrogens with zero attached hydrogens (tertiary/aromatic N) is 1. The first-order valence-electron chi connectivity index (χ1n) is 10.4. The van der Waals surface area contributed by atoms with Crippen LogP contribution < -0.4 is 15.0 Å². The van der Waals surface area contributed by atoms with Crippen molar-refractivity contribution in [1.82, 2.24) is 0 Å². The third-order valence-corrected chi connectivity index (χ3v) is 5.34. The maximum Gasteiger partial charge on any atom is 0.282 e. The van der Waals surface area contributed by atoms with E-state index in [9.17, 15) is 9.59 Å². The van der Waals surface area contributed by atoms with E-state index in [-0.39, 0.29) is 11.6 Å². The van der Waals surface area contributed by atoms with Crippen molar-refractivity contribution >= 4 is 40.4 Å². The number of aryl methyl sites for hydroxylation is 1. The predicted octanol–water partition coefficient (Wildman–Crippen LogP) is 5.83. The highest BCUT2D eigenvalue weighted by atomic mass is 35.5. The van der Waals surface area contributed by atoms with Gasteiger partial charge < -0.3 is 10.1 Å². The van der Waals surface area contributed by atoms with Gasteiger partial charge in [0.25, 0.3) is 11.8 Å². The molecule has 0 fully saturated rings. The number of ether oxygens (including phenoxy) is 1. The number of nitrogens with one attached hydrogen (secondary N) is 1. The molecule has 0 bridgehead atoms. The van der Waals surface area contributed by atoms with E-state index >= 15 is 0 Å². The lowest BCUT2D eigenvalue weighted by atomic mass is 10.0. The highest BCUT2D eigenvalue weighted by Gasteiger charge is 2.40. The molecule has 0 spiro atoms. The molecule has 3 aromatic rings. The van der Waals surface area contributed by atoms with Gasteiger partial charge in [-0.05, 0) is 55.3 Å². The molecular weight excluding hydrogens is 424 g/mol. The van der Waals surface area contributed by atoms with E-state index in [0.717, 1.165) is 12.0 Å². The molecule has 0 saturated heterocycles. The zero-order valence-electron chi connectivity index (χ0n) is 17.9. The molecule has 3 aromatic carbocycles. The maximum absolute atomic E-state index is 13.4. The lowest BCUT2D eigenvalue weighted by Crippen LogP contribution is -2.32. The van der Waals surface area contributed by atoms with Crippen molar-refractivity contribution in [2.24, 2.45) is 0 Å². The van der Waals surface area contributed by atoms with Crippen LogP contribution in [0.3, 0.4) is 0 Å². The van der Waals surface area contributed by atoms with Crippen molar-refractivity contribution in [3.63, 3.8) is 0 Å². The van der Waals surface area contributed by atoms with Gasteiger partial charge in [-0.1, -0.05) is 54.4 Å². The van der Waals surface area contributed by atoms with Crippen molar-refractivity contribution in [1.29, 1.82) is 0 Å². The van der Waals surface area contributed by atoms with Crippen LogP contribution in [0.1, 0.15) is 24.5 Å². The second-order valence-corrected chi connectivity index (χ2v) is 7.98. The van der Waals surface area contributed by atoms with Crippen LogP contribution in [0.5, 0.6) is 5.75 Å². The number of anilines is 2. The molecule has 6 heteroatoms. The molecule has 1 aliphatic heterocycles. The zero-order valence-corrected chi connectivity index (χ0v) is 18.6.